The number of hydrogen-bond acceptors (Lipinski definition) is 3. The molecular weight excluding hydrogens is 256 g/mol. The zero-order valence-corrected chi connectivity index (χ0v) is 11.5. The Morgan fingerprint density at radius 1 is 1.18 bits per heavy atom. The number of nitrogens with one attached hydrogen (secondary N) is 1. The van der Waals surface area contributed by atoms with Crippen molar-refractivity contribution in [2.45, 2.75) is 56.2 Å². The Morgan fingerprint density at radius 3 is 2.24 bits per heavy atom. The Labute approximate surface area is 108 Å². The smallest absolute Gasteiger partial charge is 0.215 e. The lowest BCUT2D eigenvalue weighted by Gasteiger charge is -2.30. The van der Waals surface area contributed by atoms with Crippen LogP contribution in [-0.4, -0.2) is 24.7 Å². The second-order valence-corrected chi connectivity index (χ2v) is 7.60. The highest BCUT2D eigenvalue weighted by Crippen LogP contribution is 2.31. The molecule has 0 aromatic heterocycles. The van der Waals surface area contributed by atoms with Crippen molar-refractivity contribution in [3.05, 3.63) is 0 Å². The van der Waals surface area contributed by atoms with Crippen molar-refractivity contribution in [1.29, 1.82) is 0 Å². The average Bonchev–Trinajstić information content (AvgIpc) is 3.11. The van der Waals surface area contributed by atoms with Gasteiger partial charge in [-0.05, 0) is 31.6 Å². The lowest BCUT2D eigenvalue weighted by molar-refractivity contribution is 0.330. The van der Waals surface area contributed by atoms with Crippen LogP contribution in [0.3, 0.4) is 0 Å². The molecule has 0 heterocycles. The van der Waals surface area contributed by atoms with E-state index in [1.807, 2.05) is 0 Å². The van der Waals surface area contributed by atoms with Gasteiger partial charge in [0.2, 0.25) is 10.0 Å². The second kappa shape index (κ2) is 5.20. The van der Waals surface area contributed by atoms with E-state index in [9.17, 15) is 8.42 Å². The van der Waals surface area contributed by atoms with Crippen LogP contribution in [0.25, 0.3) is 0 Å². The van der Waals surface area contributed by atoms with Crippen LogP contribution in [0, 0.1) is 5.92 Å². The molecule has 2 fully saturated rings. The van der Waals surface area contributed by atoms with E-state index in [0.29, 0.717) is 4.99 Å². The van der Waals surface area contributed by atoms with Crippen LogP contribution in [0.4, 0.5) is 0 Å². The molecule has 4 nitrogen and oxygen atoms in total. The summed E-state index contributed by atoms with van der Waals surface area (Å²) in [6.45, 7) is 0. The molecule has 98 valence electrons. The van der Waals surface area contributed by atoms with Gasteiger partial charge < -0.3 is 5.73 Å². The van der Waals surface area contributed by atoms with Crippen LogP contribution in [0.5, 0.6) is 0 Å². The molecule has 1 atom stereocenters. The van der Waals surface area contributed by atoms with Gasteiger partial charge in [-0.25, -0.2) is 13.1 Å². The maximum atomic E-state index is 11.9. The normalized spacial score (nSPS) is 24.5. The van der Waals surface area contributed by atoms with Gasteiger partial charge in [0.25, 0.3) is 0 Å². The molecule has 1 unspecified atom stereocenters. The molecule has 2 saturated carbocycles. The van der Waals surface area contributed by atoms with Crippen LogP contribution in [0.15, 0.2) is 0 Å². The van der Waals surface area contributed by atoms with E-state index >= 15 is 0 Å². The third-order valence-corrected chi connectivity index (χ3v) is 5.87. The summed E-state index contributed by atoms with van der Waals surface area (Å²) in [6.07, 6.45) is 7.11. The van der Waals surface area contributed by atoms with Crippen molar-refractivity contribution in [1.82, 2.24) is 4.72 Å². The molecule has 0 radical (unpaired) electrons. The minimum atomic E-state index is -3.20. The van der Waals surface area contributed by atoms with Crippen molar-refractivity contribution in [3.63, 3.8) is 0 Å². The second-order valence-electron chi connectivity index (χ2n) is 5.14. The predicted molar refractivity (Wildman–Crippen MR) is 72.2 cm³/mol. The largest absolute Gasteiger partial charge is 0.392 e. The van der Waals surface area contributed by atoms with Gasteiger partial charge in [-0.15, -0.1) is 0 Å². The Kier molecular flexibility index (Phi) is 4.05. The average molecular weight is 276 g/mol. The number of hydrogen-bond donors (Lipinski definition) is 2. The Bertz CT molecular complexity index is 384. The minimum Gasteiger partial charge on any atom is -0.392 e. The molecule has 6 heteroatoms. The Morgan fingerprint density at radius 2 is 1.76 bits per heavy atom. The molecule has 0 saturated heterocycles. The van der Waals surface area contributed by atoms with E-state index in [4.69, 9.17) is 18.0 Å². The van der Waals surface area contributed by atoms with E-state index in [1.165, 1.54) is 6.42 Å². The lowest BCUT2D eigenvalue weighted by Crippen LogP contribution is -2.49. The third kappa shape index (κ3) is 3.39. The predicted octanol–water partition coefficient (Wildman–Crippen LogP) is 1.30. The van der Waals surface area contributed by atoms with Crippen LogP contribution >= 0.6 is 12.2 Å². The van der Waals surface area contributed by atoms with E-state index in [1.54, 1.807) is 0 Å². The molecule has 0 amide bonds. The fraction of sp³-hybridized carbons (Fsp3) is 0.909. The number of sulfonamides is 1. The molecule has 0 aromatic rings. The molecule has 3 N–H and O–H groups in total. The van der Waals surface area contributed by atoms with Crippen LogP contribution in [0.1, 0.15) is 44.9 Å². The van der Waals surface area contributed by atoms with E-state index in [0.717, 1.165) is 38.5 Å². The monoisotopic (exact) mass is 276 g/mol. The summed E-state index contributed by atoms with van der Waals surface area (Å²) >= 11 is 5.02. The molecule has 17 heavy (non-hydrogen) atoms. The van der Waals surface area contributed by atoms with Crippen LogP contribution in [-0.2, 0) is 10.0 Å². The summed E-state index contributed by atoms with van der Waals surface area (Å²) < 4.78 is 26.6. The molecule has 0 aliphatic heterocycles. The van der Waals surface area contributed by atoms with Gasteiger partial charge in [0.05, 0.1) is 16.3 Å². The molecule has 2 aliphatic carbocycles. The Balaban J connectivity index is 2.03. The van der Waals surface area contributed by atoms with Gasteiger partial charge in [0.15, 0.2) is 0 Å². The maximum absolute atomic E-state index is 11.9. The molecule has 0 spiro atoms. The standard InChI is InChI=1S/C11H20N2O2S2/c12-11(16)10(8-4-2-1-3-5-8)13-17(14,15)9-6-7-9/h8-10,13H,1-7H2,(H2,12,16). The lowest BCUT2D eigenvalue weighted by atomic mass is 9.84. The van der Waals surface area contributed by atoms with E-state index in [2.05, 4.69) is 4.72 Å². The molecule has 2 rings (SSSR count). The summed E-state index contributed by atoms with van der Waals surface area (Å²) in [5, 5.41) is -0.206. The quantitative estimate of drug-likeness (QED) is 0.743. The minimum absolute atomic E-state index is 0.206. The molecule has 0 aromatic carbocycles. The van der Waals surface area contributed by atoms with Crippen molar-refractivity contribution in [3.8, 4) is 0 Å². The zero-order chi connectivity index (χ0) is 12.5. The number of thiocarbonyl (C=S) groups is 1. The van der Waals surface area contributed by atoms with Crippen LogP contribution in [0.2, 0.25) is 0 Å². The topological polar surface area (TPSA) is 72.2 Å². The first-order valence-electron chi connectivity index (χ1n) is 6.31. The summed E-state index contributed by atoms with van der Waals surface area (Å²) in [5.74, 6) is 0.287. The summed E-state index contributed by atoms with van der Waals surface area (Å²) in [7, 11) is -3.20. The fourth-order valence-electron chi connectivity index (χ4n) is 2.51. The Hall–Kier alpha value is -0.200. The summed E-state index contributed by atoms with van der Waals surface area (Å²) in [4.78, 5) is 0.293. The first kappa shape index (κ1) is 13.2. The van der Waals surface area contributed by atoms with Gasteiger partial charge >= 0.3 is 0 Å². The highest BCUT2D eigenvalue weighted by molar-refractivity contribution is 7.90. The van der Waals surface area contributed by atoms with Crippen molar-refractivity contribution in [2.75, 3.05) is 0 Å². The van der Waals surface area contributed by atoms with E-state index < -0.39 is 10.0 Å². The SMILES string of the molecule is NC(=S)C(NS(=O)(=O)C1CC1)C1CCCCC1. The number of rotatable bonds is 5. The van der Waals surface area contributed by atoms with Gasteiger partial charge in [0.1, 0.15) is 0 Å². The van der Waals surface area contributed by atoms with Gasteiger partial charge in [-0.2, -0.15) is 0 Å². The van der Waals surface area contributed by atoms with Crippen molar-refractivity contribution in [2.24, 2.45) is 11.7 Å². The number of nitrogens with two attached hydrogens (primary N) is 1. The van der Waals surface area contributed by atoms with Crippen molar-refractivity contribution >= 4 is 27.2 Å². The van der Waals surface area contributed by atoms with Gasteiger partial charge in [-0.1, -0.05) is 31.5 Å². The van der Waals surface area contributed by atoms with Crippen LogP contribution < -0.4 is 10.5 Å². The van der Waals surface area contributed by atoms with Gasteiger partial charge in [-0.3, -0.25) is 0 Å². The first-order valence-corrected chi connectivity index (χ1v) is 8.26. The molecule has 0 bridgehead atoms. The fourth-order valence-corrected chi connectivity index (χ4v) is 4.45. The molecular formula is C11H20N2O2S2. The summed E-state index contributed by atoms with van der Waals surface area (Å²) in [6, 6.07) is -0.337. The van der Waals surface area contributed by atoms with Crippen molar-refractivity contribution < 1.29 is 8.42 Å². The highest BCUT2D eigenvalue weighted by atomic mass is 32.2. The summed E-state index contributed by atoms with van der Waals surface area (Å²) in [5.41, 5.74) is 5.70. The van der Waals surface area contributed by atoms with Gasteiger partial charge in [0, 0.05) is 0 Å². The first-order chi connectivity index (χ1) is 8.00. The maximum Gasteiger partial charge on any atom is 0.215 e. The van der Waals surface area contributed by atoms with E-state index in [-0.39, 0.29) is 17.2 Å². The molecule has 2 aliphatic rings. The highest BCUT2D eigenvalue weighted by Gasteiger charge is 2.39. The zero-order valence-electron chi connectivity index (χ0n) is 9.89. The third-order valence-electron chi connectivity index (χ3n) is 3.68.